The highest BCUT2D eigenvalue weighted by Crippen LogP contribution is 2.23. The van der Waals surface area contributed by atoms with Gasteiger partial charge in [0.05, 0.1) is 24.7 Å². The van der Waals surface area contributed by atoms with Crippen LogP contribution in [-0.2, 0) is 6.54 Å². The Kier molecular flexibility index (Phi) is 5.21. The van der Waals surface area contributed by atoms with Crippen molar-refractivity contribution in [3.8, 4) is 5.88 Å². The number of H-pyrrole nitrogens is 1. The highest BCUT2D eigenvalue weighted by atomic mass is 32.1. The van der Waals surface area contributed by atoms with Gasteiger partial charge >= 0.3 is 0 Å². The molecule has 29 heavy (non-hydrogen) atoms. The third-order valence-corrected chi connectivity index (χ3v) is 5.14. The van der Waals surface area contributed by atoms with Crippen LogP contribution in [0.5, 0.6) is 5.88 Å². The molecule has 3 N–H and O–H groups in total. The molecule has 8 nitrogen and oxygen atoms in total. The zero-order chi connectivity index (χ0) is 20.2. The number of hydrogen-bond acceptors (Lipinski definition) is 6. The zero-order valence-electron chi connectivity index (χ0n) is 15.4. The first-order valence-electron chi connectivity index (χ1n) is 8.74. The van der Waals surface area contributed by atoms with Gasteiger partial charge in [-0.25, -0.2) is 4.98 Å². The number of pyridine rings is 1. The van der Waals surface area contributed by atoms with E-state index in [1.165, 1.54) is 13.3 Å². The van der Waals surface area contributed by atoms with E-state index in [9.17, 15) is 9.59 Å². The lowest BCUT2D eigenvalue weighted by atomic mass is 10.1. The predicted octanol–water partition coefficient (Wildman–Crippen LogP) is 3.21. The van der Waals surface area contributed by atoms with Crippen LogP contribution in [0.4, 0.5) is 5.82 Å². The molecule has 0 saturated carbocycles. The lowest BCUT2D eigenvalue weighted by Crippen LogP contribution is -2.22. The van der Waals surface area contributed by atoms with Crippen molar-refractivity contribution < 1.29 is 14.3 Å². The fourth-order valence-electron chi connectivity index (χ4n) is 2.75. The number of methoxy groups -OCH3 is 1. The minimum absolute atomic E-state index is 0.196. The maximum atomic E-state index is 12.5. The fourth-order valence-corrected chi connectivity index (χ4v) is 3.39. The van der Waals surface area contributed by atoms with Gasteiger partial charge in [0.2, 0.25) is 5.88 Å². The number of nitrogens with zero attached hydrogens (tertiary/aromatic N) is 2. The molecule has 0 radical (unpaired) electrons. The number of rotatable bonds is 6. The summed E-state index contributed by atoms with van der Waals surface area (Å²) in [6.45, 7) is 0.466. The highest BCUT2D eigenvalue weighted by Gasteiger charge is 2.14. The molecule has 9 heteroatoms. The molecule has 0 bridgehead atoms. The van der Waals surface area contributed by atoms with E-state index in [1.807, 2.05) is 17.5 Å². The molecule has 0 fully saturated rings. The van der Waals surface area contributed by atoms with Gasteiger partial charge in [0, 0.05) is 28.1 Å². The van der Waals surface area contributed by atoms with E-state index in [0.29, 0.717) is 40.3 Å². The number of carbonyl (C=O) groups excluding carboxylic acids is 2. The standard InChI is InChI=1S/C20H17N5O3S/c1-28-17-7-5-13(10-21-17)20(27)23-18-15-9-12(4-6-16(15)24-25-18)19(26)22-11-14-3-2-8-29-14/h2-10H,11H2,1H3,(H,22,26)(H2,23,24,25,27). The Balaban J connectivity index is 1.51. The molecule has 0 aliphatic rings. The molecule has 0 aliphatic carbocycles. The van der Waals surface area contributed by atoms with Gasteiger partial charge in [-0.2, -0.15) is 5.10 Å². The molecule has 0 aliphatic heterocycles. The minimum atomic E-state index is -0.360. The van der Waals surface area contributed by atoms with E-state index in [0.717, 1.165) is 4.88 Å². The van der Waals surface area contributed by atoms with Crippen LogP contribution >= 0.6 is 11.3 Å². The highest BCUT2D eigenvalue weighted by molar-refractivity contribution is 7.09. The Morgan fingerprint density at radius 3 is 2.72 bits per heavy atom. The lowest BCUT2D eigenvalue weighted by molar-refractivity contribution is 0.0950. The molecule has 0 saturated heterocycles. The second-order valence-electron chi connectivity index (χ2n) is 6.14. The van der Waals surface area contributed by atoms with Crippen molar-refractivity contribution in [3.63, 3.8) is 0 Å². The third-order valence-electron chi connectivity index (χ3n) is 4.27. The maximum absolute atomic E-state index is 12.5. The number of hydrogen-bond donors (Lipinski definition) is 3. The van der Waals surface area contributed by atoms with Crippen LogP contribution in [0.3, 0.4) is 0 Å². The molecule has 0 unspecified atom stereocenters. The van der Waals surface area contributed by atoms with Crippen molar-refractivity contribution in [2.24, 2.45) is 0 Å². The second-order valence-corrected chi connectivity index (χ2v) is 7.17. The molecule has 1 aromatic carbocycles. The molecule has 4 aromatic rings. The Morgan fingerprint density at radius 1 is 1.14 bits per heavy atom. The second kappa shape index (κ2) is 8.11. The average Bonchev–Trinajstić information content (AvgIpc) is 3.42. The topological polar surface area (TPSA) is 109 Å². The summed E-state index contributed by atoms with van der Waals surface area (Å²) in [5, 5.41) is 15.2. The first-order valence-corrected chi connectivity index (χ1v) is 9.62. The monoisotopic (exact) mass is 407 g/mol. The number of carbonyl (C=O) groups is 2. The number of ether oxygens (including phenoxy) is 1. The summed E-state index contributed by atoms with van der Waals surface area (Å²) in [6.07, 6.45) is 1.42. The van der Waals surface area contributed by atoms with Crippen LogP contribution in [-0.4, -0.2) is 34.1 Å². The van der Waals surface area contributed by atoms with Crippen molar-refractivity contribution in [2.75, 3.05) is 12.4 Å². The molecule has 2 amide bonds. The number of anilines is 1. The van der Waals surface area contributed by atoms with Crippen LogP contribution in [0.1, 0.15) is 25.6 Å². The van der Waals surface area contributed by atoms with E-state index in [4.69, 9.17) is 4.74 Å². The number of nitrogens with one attached hydrogen (secondary N) is 3. The predicted molar refractivity (Wildman–Crippen MR) is 110 cm³/mol. The Morgan fingerprint density at radius 2 is 2.00 bits per heavy atom. The van der Waals surface area contributed by atoms with Gasteiger partial charge in [-0.1, -0.05) is 6.07 Å². The summed E-state index contributed by atoms with van der Waals surface area (Å²) in [5.74, 6) is 0.206. The van der Waals surface area contributed by atoms with Gasteiger partial charge in [0.1, 0.15) is 0 Å². The van der Waals surface area contributed by atoms with E-state index < -0.39 is 0 Å². The van der Waals surface area contributed by atoms with Crippen LogP contribution in [0.2, 0.25) is 0 Å². The SMILES string of the molecule is COc1ccc(C(=O)Nc2n[nH]c3ccc(C(=O)NCc4cccs4)cc23)cn1. The van der Waals surface area contributed by atoms with Crippen LogP contribution in [0.25, 0.3) is 10.9 Å². The molecule has 0 atom stereocenters. The van der Waals surface area contributed by atoms with Gasteiger partial charge in [0.15, 0.2) is 5.82 Å². The van der Waals surface area contributed by atoms with Crippen LogP contribution in [0, 0.1) is 0 Å². The first-order chi connectivity index (χ1) is 14.1. The summed E-state index contributed by atoms with van der Waals surface area (Å²) in [5.41, 5.74) is 1.56. The zero-order valence-corrected chi connectivity index (χ0v) is 16.2. The number of aromatic nitrogens is 3. The molecule has 3 heterocycles. The van der Waals surface area contributed by atoms with E-state index >= 15 is 0 Å². The first kappa shape index (κ1) is 18.6. The normalized spacial score (nSPS) is 10.7. The van der Waals surface area contributed by atoms with Crippen LogP contribution < -0.4 is 15.4 Å². The fraction of sp³-hybridized carbons (Fsp3) is 0.100. The molecule has 3 aromatic heterocycles. The van der Waals surface area contributed by atoms with Crippen molar-refractivity contribution in [2.45, 2.75) is 6.54 Å². The van der Waals surface area contributed by atoms with Gasteiger partial charge in [-0.05, 0) is 35.7 Å². The molecular formula is C20H17N5O3S. The lowest BCUT2D eigenvalue weighted by Gasteiger charge is -2.06. The number of amides is 2. The Bertz CT molecular complexity index is 1150. The van der Waals surface area contributed by atoms with Gasteiger partial charge in [0.25, 0.3) is 11.8 Å². The number of aromatic amines is 1. The number of thiophene rings is 1. The quantitative estimate of drug-likeness (QED) is 0.455. The summed E-state index contributed by atoms with van der Waals surface area (Å²) >= 11 is 1.58. The minimum Gasteiger partial charge on any atom is -0.481 e. The Hall–Kier alpha value is -3.72. The molecule has 146 valence electrons. The van der Waals surface area contributed by atoms with E-state index in [1.54, 1.807) is 41.7 Å². The third kappa shape index (κ3) is 4.09. The van der Waals surface area contributed by atoms with Crippen molar-refractivity contribution in [1.82, 2.24) is 20.5 Å². The number of fused-ring (bicyclic) bond motifs is 1. The summed E-state index contributed by atoms with van der Waals surface area (Å²) in [4.78, 5) is 30.1. The summed E-state index contributed by atoms with van der Waals surface area (Å²) in [7, 11) is 1.51. The Labute approximate surface area is 169 Å². The average molecular weight is 407 g/mol. The molecular weight excluding hydrogens is 390 g/mol. The smallest absolute Gasteiger partial charge is 0.258 e. The van der Waals surface area contributed by atoms with Gasteiger partial charge in [-0.15, -0.1) is 11.3 Å². The van der Waals surface area contributed by atoms with Crippen molar-refractivity contribution in [3.05, 3.63) is 70.0 Å². The van der Waals surface area contributed by atoms with Crippen molar-refractivity contribution in [1.29, 1.82) is 0 Å². The van der Waals surface area contributed by atoms with Gasteiger partial charge < -0.3 is 15.4 Å². The van der Waals surface area contributed by atoms with Gasteiger partial charge in [-0.3, -0.25) is 14.7 Å². The number of benzene rings is 1. The maximum Gasteiger partial charge on any atom is 0.258 e. The molecule has 4 rings (SSSR count). The van der Waals surface area contributed by atoms with E-state index in [-0.39, 0.29) is 11.8 Å². The van der Waals surface area contributed by atoms with E-state index in [2.05, 4.69) is 25.8 Å². The molecule has 0 spiro atoms. The summed E-state index contributed by atoms with van der Waals surface area (Å²) in [6, 6.07) is 12.3. The summed E-state index contributed by atoms with van der Waals surface area (Å²) < 4.78 is 4.99. The van der Waals surface area contributed by atoms with Crippen LogP contribution in [0.15, 0.2) is 54.0 Å². The van der Waals surface area contributed by atoms with Crippen molar-refractivity contribution >= 4 is 39.9 Å². The largest absolute Gasteiger partial charge is 0.481 e.